The molecule has 0 bridgehead atoms. The van der Waals surface area contributed by atoms with Crippen LogP contribution in [0.1, 0.15) is 50.4 Å². The van der Waals surface area contributed by atoms with E-state index in [2.05, 4.69) is 22.1 Å². The Hall–Kier alpha value is -2.51. The van der Waals surface area contributed by atoms with Gasteiger partial charge in [0, 0.05) is 24.9 Å². The van der Waals surface area contributed by atoms with Crippen LogP contribution in [0.2, 0.25) is 0 Å². The van der Waals surface area contributed by atoms with Crippen molar-refractivity contribution in [2.24, 2.45) is 0 Å². The number of fused-ring (bicyclic) bond motifs is 1. The summed E-state index contributed by atoms with van der Waals surface area (Å²) in [6.45, 7) is 13.3. The number of allylic oxidation sites excluding steroid dienone is 4. The first-order valence-electron chi connectivity index (χ1n) is 9.67. The maximum absolute atomic E-state index is 12.2. The molecule has 0 amide bonds. The molecule has 0 aliphatic heterocycles. The summed E-state index contributed by atoms with van der Waals surface area (Å²) in [4.78, 5) is 24.7. The van der Waals surface area contributed by atoms with Gasteiger partial charge in [-0.05, 0) is 49.4 Å². The van der Waals surface area contributed by atoms with Crippen LogP contribution in [0.4, 0.5) is 0 Å². The van der Waals surface area contributed by atoms with Gasteiger partial charge in [0.05, 0.1) is 12.3 Å². The van der Waals surface area contributed by atoms with Crippen molar-refractivity contribution in [2.45, 2.75) is 52.7 Å². The normalized spacial score (nSPS) is 13.0. The number of rotatable bonds is 7. The smallest absolute Gasteiger partial charge is 0.271 e. The van der Waals surface area contributed by atoms with E-state index in [9.17, 15) is 9.59 Å². The Labute approximate surface area is 175 Å². The highest BCUT2D eigenvalue weighted by atomic mass is 32.1. The Morgan fingerprint density at radius 2 is 2.00 bits per heavy atom. The highest BCUT2D eigenvalue weighted by Gasteiger charge is 2.29. The third-order valence-corrected chi connectivity index (χ3v) is 5.21. The Bertz CT molecular complexity index is 991. The van der Waals surface area contributed by atoms with Crippen LogP contribution in [0.15, 0.2) is 46.5 Å². The van der Waals surface area contributed by atoms with Gasteiger partial charge in [0.25, 0.3) is 5.56 Å². The lowest BCUT2D eigenvalue weighted by atomic mass is 10.1. The van der Waals surface area contributed by atoms with Gasteiger partial charge in [-0.3, -0.25) is 14.0 Å². The van der Waals surface area contributed by atoms with Crippen LogP contribution >= 0.6 is 11.5 Å². The van der Waals surface area contributed by atoms with E-state index in [4.69, 9.17) is 10.1 Å². The second kappa shape index (κ2) is 12.1. The van der Waals surface area contributed by atoms with Crippen molar-refractivity contribution in [1.82, 2.24) is 8.94 Å². The number of methoxy groups -OCH3 is 1. The van der Waals surface area contributed by atoms with Crippen LogP contribution in [0.3, 0.4) is 0 Å². The molecule has 0 radical (unpaired) electrons. The molecule has 2 heterocycles. The van der Waals surface area contributed by atoms with Gasteiger partial charge in [-0.15, -0.1) is 6.58 Å². The number of ether oxygens (including phenoxy) is 1. The van der Waals surface area contributed by atoms with E-state index in [-0.39, 0.29) is 11.0 Å². The van der Waals surface area contributed by atoms with Gasteiger partial charge in [-0.1, -0.05) is 32.6 Å². The maximum Gasteiger partial charge on any atom is 0.271 e. The maximum atomic E-state index is 12.2. The molecule has 1 aliphatic rings. The predicted octanol–water partition coefficient (Wildman–Crippen LogP) is 4.89. The Morgan fingerprint density at radius 3 is 2.48 bits per heavy atom. The van der Waals surface area contributed by atoms with E-state index in [1.807, 2.05) is 13.8 Å². The minimum absolute atomic E-state index is 0.170. The zero-order chi connectivity index (χ0) is 22.0. The van der Waals surface area contributed by atoms with Crippen molar-refractivity contribution in [3.63, 3.8) is 0 Å². The molecule has 7 heteroatoms. The number of pyridine rings is 1. The summed E-state index contributed by atoms with van der Waals surface area (Å²) in [7, 11) is 1.62. The van der Waals surface area contributed by atoms with Crippen LogP contribution in [-0.2, 0) is 11.3 Å². The monoisotopic (exact) mass is 417 g/mol. The third-order valence-electron chi connectivity index (χ3n) is 4.32. The van der Waals surface area contributed by atoms with Gasteiger partial charge in [0.15, 0.2) is 5.43 Å². The van der Waals surface area contributed by atoms with Gasteiger partial charge >= 0.3 is 0 Å². The first-order chi connectivity index (χ1) is 14.0. The third kappa shape index (κ3) is 5.98. The topological polar surface area (TPSA) is 87.9 Å². The molecule has 29 heavy (non-hydrogen) atoms. The SMILES string of the molecule is C=CC/C(C=C)=C/C=N.CC.COCc1c(C)c(=O)c2c(=O)[nH]sc2n1C1CC1. The molecule has 1 saturated carbocycles. The van der Waals surface area contributed by atoms with E-state index in [1.165, 1.54) is 17.7 Å². The van der Waals surface area contributed by atoms with Gasteiger partial charge in [0.2, 0.25) is 0 Å². The van der Waals surface area contributed by atoms with E-state index in [0.717, 1.165) is 35.4 Å². The quantitative estimate of drug-likeness (QED) is 0.382. The van der Waals surface area contributed by atoms with E-state index in [0.29, 0.717) is 23.6 Å². The summed E-state index contributed by atoms with van der Waals surface area (Å²) < 4.78 is 9.97. The van der Waals surface area contributed by atoms with Crippen molar-refractivity contribution in [3.8, 4) is 0 Å². The summed E-state index contributed by atoms with van der Waals surface area (Å²) in [6, 6.07) is 0.406. The lowest BCUT2D eigenvalue weighted by molar-refractivity contribution is 0.177. The molecule has 0 unspecified atom stereocenters. The first kappa shape index (κ1) is 24.5. The van der Waals surface area contributed by atoms with Crippen molar-refractivity contribution in [1.29, 1.82) is 5.41 Å². The average Bonchev–Trinajstić information content (AvgIpc) is 3.50. The number of nitrogens with one attached hydrogen (secondary N) is 2. The van der Waals surface area contributed by atoms with Crippen LogP contribution in [0.25, 0.3) is 10.2 Å². The summed E-state index contributed by atoms with van der Waals surface area (Å²) in [6.07, 6.45) is 9.46. The second-order valence-corrected chi connectivity index (χ2v) is 7.05. The highest BCUT2D eigenvalue weighted by molar-refractivity contribution is 7.12. The van der Waals surface area contributed by atoms with Crippen LogP contribution < -0.4 is 11.0 Å². The zero-order valence-corrected chi connectivity index (χ0v) is 18.5. The molecular weight excluding hydrogens is 386 g/mol. The fraction of sp³-hybridized carbons (Fsp3) is 0.409. The van der Waals surface area contributed by atoms with Crippen molar-refractivity contribution >= 4 is 28.0 Å². The standard InChI is InChI=1S/C12H14N2O3S.C8H11N.C2H6/c1-6-8(5-17-2)14(7-3-4-7)12-9(10(6)15)11(16)13-18-12;1-3-5-8(4-2)6-7-9;1-2/h7H,3-5H2,1-2H3,(H,13,16);3-4,6-7,9H,1-2,5H2;1-2H3/b;8-6+,9-7?;. The summed E-state index contributed by atoms with van der Waals surface area (Å²) in [5, 5.41) is 7.03. The molecule has 0 atom stereocenters. The first-order valence-corrected chi connectivity index (χ1v) is 10.5. The molecule has 1 aliphatic carbocycles. The van der Waals surface area contributed by atoms with E-state index >= 15 is 0 Å². The van der Waals surface area contributed by atoms with Crippen molar-refractivity contribution < 1.29 is 4.74 Å². The fourth-order valence-corrected chi connectivity index (χ4v) is 3.75. The fourth-order valence-electron chi connectivity index (χ4n) is 2.81. The molecule has 158 valence electrons. The van der Waals surface area contributed by atoms with Crippen molar-refractivity contribution in [2.75, 3.05) is 7.11 Å². The van der Waals surface area contributed by atoms with Crippen LogP contribution in [0.5, 0.6) is 0 Å². The molecule has 3 rings (SSSR count). The molecule has 6 nitrogen and oxygen atoms in total. The molecule has 2 aromatic heterocycles. The van der Waals surface area contributed by atoms with E-state index in [1.54, 1.807) is 32.3 Å². The lowest BCUT2D eigenvalue weighted by Gasteiger charge is -2.15. The predicted molar refractivity (Wildman–Crippen MR) is 124 cm³/mol. The minimum atomic E-state index is -0.276. The van der Waals surface area contributed by atoms with Crippen molar-refractivity contribution in [3.05, 3.63) is 68.8 Å². The summed E-state index contributed by atoms with van der Waals surface area (Å²) in [5.74, 6) is 0. The van der Waals surface area contributed by atoms with Gasteiger partial charge < -0.3 is 14.7 Å². The minimum Gasteiger partial charge on any atom is -0.378 e. The highest BCUT2D eigenvalue weighted by Crippen LogP contribution is 2.39. The average molecular weight is 418 g/mol. The van der Waals surface area contributed by atoms with Crippen LogP contribution in [0, 0.1) is 12.3 Å². The van der Waals surface area contributed by atoms with Gasteiger partial charge in [-0.2, -0.15) is 0 Å². The van der Waals surface area contributed by atoms with Crippen LogP contribution in [-0.4, -0.2) is 22.3 Å². The molecule has 0 saturated heterocycles. The van der Waals surface area contributed by atoms with Gasteiger partial charge in [-0.25, -0.2) is 0 Å². The largest absolute Gasteiger partial charge is 0.378 e. The Balaban J connectivity index is 0.000000327. The van der Waals surface area contributed by atoms with E-state index < -0.39 is 0 Å². The summed E-state index contributed by atoms with van der Waals surface area (Å²) in [5.41, 5.74) is 2.10. The molecule has 0 aromatic carbocycles. The second-order valence-electron chi connectivity index (χ2n) is 6.25. The molecule has 0 spiro atoms. The number of H-pyrrole nitrogens is 1. The molecule has 2 aromatic rings. The number of aromatic nitrogens is 2. The summed E-state index contributed by atoms with van der Waals surface area (Å²) >= 11 is 1.24. The number of aromatic amines is 1. The zero-order valence-electron chi connectivity index (χ0n) is 17.7. The van der Waals surface area contributed by atoms with Gasteiger partial charge in [0.1, 0.15) is 10.2 Å². The molecular formula is C22H31N3O3S. The molecule has 2 N–H and O–H groups in total. The molecule has 1 fully saturated rings. The number of nitrogens with zero attached hydrogens (tertiary/aromatic N) is 1. The number of hydrogen-bond acceptors (Lipinski definition) is 5. The Morgan fingerprint density at radius 1 is 1.34 bits per heavy atom. The lowest BCUT2D eigenvalue weighted by Crippen LogP contribution is -2.21. The number of hydrogen-bond donors (Lipinski definition) is 2. The Kier molecular flexibility index (Phi) is 10.3.